The number of rotatable bonds is 7. The molecule has 0 saturated heterocycles. The number of ether oxygens (including phenoxy) is 1. The quantitative estimate of drug-likeness (QED) is 0.336. The van der Waals surface area contributed by atoms with Crippen LogP contribution in [0.2, 0.25) is 0 Å². The van der Waals surface area contributed by atoms with Crippen LogP contribution in [0.25, 0.3) is 10.9 Å². The zero-order valence-electron chi connectivity index (χ0n) is 20.3. The van der Waals surface area contributed by atoms with Crippen molar-refractivity contribution >= 4 is 56.9 Å². The molecule has 3 aromatic rings. The topological polar surface area (TPSA) is 79.4 Å². The fourth-order valence-corrected chi connectivity index (χ4v) is 4.72. The van der Waals surface area contributed by atoms with Gasteiger partial charge in [-0.2, -0.15) is 4.98 Å². The molecule has 0 atom stereocenters. The van der Waals surface area contributed by atoms with E-state index in [0.717, 1.165) is 48.5 Å². The molecule has 12 heteroatoms. The molecule has 0 bridgehead atoms. The van der Waals surface area contributed by atoms with Crippen LogP contribution in [0.15, 0.2) is 46.9 Å². The van der Waals surface area contributed by atoms with Gasteiger partial charge in [0.15, 0.2) is 0 Å². The van der Waals surface area contributed by atoms with Crippen LogP contribution in [-0.2, 0) is 0 Å². The summed E-state index contributed by atoms with van der Waals surface area (Å²) in [6, 6.07) is 12.0. The number of anilines is 2. The van der Waals surface area contributed by atoms with Gasteiger partial charge < -0.3 is 20.3 Å². The van der Waals surface area contributed by atoms with E-state index in [0.29, 0.717) is 17.0 Å². The standard InChI is InChI=1S/C25H27BrF3N5O2.ClH/c1-34(2)22-18-5-3-4-6-20(18)32-24(33-22)31-17-10-7-15(8-11-17)14-30-23(35)19-12-9-16(26)13-21(19)36-25(27,28)29;/h3-6,9,12-13,15,17H,7-8,10-11,14H2,1-2H3,(H,30,35)(H,31,32,33);1H/t15-,17+;. The summed E-state index contributed by atoms with van der Waals surface area (Å²) in [6.07, 6.45) is -1.43. The first-order chi connectivity index (χ1) is 17.1. The maximum atomic E-state index is 12.7. The number of hydrogen-bond donors (Lipinski definition) is 2. The molecule has 1 amide bonds. The maximum absolute atomic E-state index is 12.7. The van der Waals surface area contributed by atoms with E-state index in [1.54, 1.807) is 0 Å². The van der Waals surface area contributed by atoms with Crippen molar-refractivity contribution in [2.75, 3.05) is 30.9 Å². The Hall–Kier alpha value is -2.79. The fraction of sp³-hybridized carbons (Fsp3) is 0.400. The second-order valence-electron chi connectivity index (χ2n) is 9.04. The van der Waals surface area contributed by atoms with Gasteiger partial charge in [0.2, 0.25) is 5.95 Å². The Bertz CT molecular complexity index is 1240. The second-order valence-corrected chi connectivity index (χ2v) is 9.96. The lowest BCUT2D eigenvalue weighted by Crippen LogP contribution is -2.34. The normalized spacial score (nSPS) is 17.6. The number of halogens is 5. The molecule has 1 aromatic heterocycles. The molecule has 4 rings (SSSR count). The number of amides is 1. The number of carbonyl (C=O) groups excluding carboxylic acids is 1. The summed E-state index contributed by atoms with van der Waals surface area (Å²) in [5, 5.41) is 7.20. The molecule has 7 nitrogen and oxygen atoms in total. The van der Waals surface area contributed by atoms with Gasteiger partial charge in [-0.25, -0.2) is 4.98 Å². The minimum absolute atomic E-state index is 0. The molecule has 2 aromatic carbocycles. The first-order valence-electron chi connectivity index (χ1n) is 11.6. The highest BCUT2D eigenvalue weighted by Gasteiger charge is 2.33. The molecule has 1 fully saturated rings. The largest absolute Gasteiger partial charge is 0.573 e. The minimum Gasteiger partial charge on any atom is -0.405 e. The van der Waals surface area contributed by atoms with Gasteiger partial charge in [0, 0.05) is 36.5 Å². The van der Waals surface area contributed by atoms with Crippen molar-refractivity contribution in [2.45, 2.75) is 38.1 Å². The van der Waals surface area contributed by atoms with E-state index in [1.165, 1.54) is 12.1 Å². The number of alkyl halides is 3. The van der Waals surface area contributed by atoms with Crippen LogP contribution >= 0.6 is 28.3 Å². The van der Waals surface area contributed by atoms with Crippen molar-refractivity contribution in [1.82, 2.24) is 15.3 Å². The Balaban J connectivity index is 0.00000380. The summed E-state index contributed by atoms with van der Waals surface area (Å²) in [4.78, 5) is 23.9. The predicted molar refractivity (Wildman–Crippen MR) is 144 cm³/mol. The van der Waals surface area contributed by atoms with E-state index in [-0.39, 0.29) is 29.9 Å². The molecule has 200 valence electrons. The van der Waals surface area contributed by atoms with Crippen LogP contribution < -0.4 is 20.3 Å². The van der Waals surface area contributed by atoms with E-state index in [9.17, 15) is 18.0 Å². The van der Waals surface area contributed by atoms with Crippen molar-refractivity contribution in [2.24, 2.45) is 5.92 Å². The van der Waals surface area contributed by atoms with Crippen LogP contribution in [0.3, 0.4) is 0 Å². The molecular formula is C25H28BrClF3N5O2. The summed E-state index contributed by atoms with van der Waals surface area (Å²) in [7, 11) is 3.90. The van der Waals surface area contributed by atoms with E-state index >= 15 is 0 Å². The lowest BCUT2D eigenvalue weighted by atomic mass is 9.86. The zero-order valence-corrected chi connectivity index (χ0v) is 22.7. The smallest absolute Gasteiger partial charge is 0.405 e. The Morgan fingerprint density at radius 3 is 2.49 bits per heavy atom. The number of fused-ring (bicyclic) bond motifs is 1. The monoisotopic (exact) mass is 601 g/mol. The first kappa shape index (κ1) is 28.8. The number of nitrogens with zero attached hydrogens (tertiary/aromatic N) is 3. The molecule has 1 aliphatic carbocycles. The third-order valence-electron chi connectivity index (χ3n) is 6.15. The number of benzene rings is 2. The second kappa shape index (κ2) is 12.2. The molecule has 2 N–H and O–H groups in total. The Morgan fingerprint density at radius 1 is 1.11 bits per heavy atom. The summed E-state index contributed by atoms with van der Waals surface area (Å²) in [5.74, 6) is 0.532. The van der Waals surface area contributed by atoms with Crippen molar-refractivity contribution in [3.05, 3.63) is 52.5 Å². The summed E-state index contributed by atoms with van der Waals surface area (Å²) in [6.45, 7) is 0.379. The predicted octanol–water partition coefficient (Wildman–Crippen LogP) is 6.18. The third-order valence-corrected chi connectivity index (χ3v) is 6.65. The lowest BCUT2D eigenvalue weighted by Gasteiger charge is -2.29. The number of carbonyl (C=O) groups is 1. The Kier molecular flexibility index (Phi) is 9.46. The van der Waals surface area contributed by atoms with Crippen LogP contribution in [0.1, 0.15) is 36.0 Å². The summed E-state index contributed by atoms with van der Waals surface area (Å²) >= 11 is 3.11. The molecule has 0 aliphatic heterocycles. The average Bonchev–Trinajstić information content (AvgIpc) is 2.82. The highest BCUT2D eigenvalue weighted by Crippen LogP contribution is 2.31. The molecule has 1 aliphatic rings. The highest BCUT2D eigenvalue weighted by molar-refractivity contribution is 9.10. The molecule has 1 saturated carbocycles. The highest BCUT2D eigenvalue weighted by atomic mass is 79.9. The Morgan fingerprint density at radius 2 is 1.81 bits per heavy atom. The average molecular weight is 603 g/mol. The van der Waals surface area contributed by atoms with Crippen molar-refractivity contribution < 1.29 is 22.7 Å². The van der Waals surface area contributed by atoms with Crippen LogP contribution in [-0.4, -0.2) is 48.9 Å². The molecule has 1 heterocycles. The number of nitrogens with one attached hydrogen (secondary N) is 2. The van der Waals surface area contributed by atoms with E-state index in [1.807, 2.05) is 43.3 Å². The van der Waals surface area contributed by atoms with Gasteiger partial charge >= 0.3 is 6.36 Å². The van der Waals surface area contributed by atoms with Gasteiger partial charge in [-0.1, -0.05) is 28.1 Å². The van der Waals surface area contributed by atoms with Gasteiger partial charge in [0.05, 0.1) is 11.1 Å². The fourth-order valence-electron chi connectivity index (χ4n) is 4.38. The van der Waals surface area contributed by atoms with Gasteiger partial charge in [0.1, 0.15) is 11.6 Å². The first-order valence-corrected chi connectivity index (χ1v) is 12.4. The van der Waals surface area contributed by atoms with Crippen molar-refractivity contribution in [3.8, 4) is 5.75 Å². The van der Waals surface area contributed by atoms with Crippen molar-refractivity contribution in [1.29, 1.82) is 0 Å². The van der Waals surface area contributed by atoms with Crippen LogP contribution in [0.4, 0.5) is 24.9 Å². The molecule has 37 heavy (non-hydrogen) atoms. The Labute approximate surface area is 227 Å². The third kappa shape index (κ3) is 7.61. The van der Waals surface area contributed by atoms with Gasteiger partial charge in [-0.05, 0) is 61.9 Å². The van der Waals surface area contributed by atoms with Crippen molar-refractivity contribution in [3.63, 3.8) is 0 Å². The number of hydrogen-bond acceptors (Lipinski definition) is 6. The number of aromatic nitrogens is 2. The molecule has 0 unspecified atom stereocenters. The SMILES string of the molecule is CN(C)c1nc(N[C@H]2CC[C@@H](CNC(=O)c3ccc(Br)cc3OC(F)(F)F)CC2)nc2ccccc12.Cl. The summed E-state index contributed by atoms with van der Waals surface area (Å²) in [5.41, 5.74) is 0.716. The van der Waals surface area contributed by atoms with E-state index in [2.05, 4.69) is 36.3 Å². The van der Waals surface area contributed by atoms with Gasteiger partial charge in [-0.3, -0.25) is 4.79 Å². The van der Waals surface area contributed by atoms with E-state index < -0.39 is 18.0 Å². The number of para-hydroxylation sites is 1. The maximum Gasteiger partial charge on any atom is 0.573 e. The molecule has 0 radical (unpaired) electrons. The van der Waals surface area contributed by atoms with Crippen LogP contribution in [0.5, 0.6) is 5.75 Å². The lowest BCUT2D eigenvalue weighted by molar-refractivity contribution is -0.274. The van der Waals surface area contributed by atoms with Crippen LogP contribution in [0, 0.1) is 5.92 Å². The zero-order chi connectivity index (χ0) is 25.9. The molecular weight excluding hydrogens is 575 g/mol. The van der Waals surface area contributed by atoms with E-state index in [4.69, 9.17) is 4.98 Å². The summed E-state index contributed by atoms with van der Waals surface area (Å²) < 4.78 is 42.6. The van der Waals surface area contributed by atoms with Gasteiger partial charge in [0.25, 0.3) is 5.91 Å². The molecule has 0 spiro atoms. The minimum atomic E-state index is -4.89. The van der Waals surface area contributed by atoms with Gasteiger partial charge in [-0.15, -0.1) is 25.6 Å².